The van der Waals surface area contributed by atoms with Gasteiger partial charge in [-0.05, 0) is 66.5 Å². The molecule has 1 amide bonds. The van der Waals surface area contributed by atoms with Gasteiger partial charge < -0.3 is 15.2 Å². The molecular weight excluding hydrogens is 390 g/mol. The molecule has 0 aliphatic heterocycles. The summed E-state index contributed by atoms with van der Waals surface area (Å²) in [5, 5.41) is 13.2. The van der Waals surface area contributed by atoms with Crippen LogP contribution >= 0.6 is 11.6 Å². The van der Waals surface area contributed by atoms with Crippen LogP contribution in [-0.4, -0.2) is 17.0 Å². The van der Waals surface area contributed by atoms with E-state index in [2.05, 4.69) is 11.4 Å². The van der Waals surface area contributed by atoms with Crippen LogP contribution in [0.5, 0.6) is 11.5 Å². The van der Waals surface area contributed by atoms with E-state index in [-0.39, 0.29) is 17.7 Å². The van der Waals surface area contributed by atoms with Crippen LogP contribution in [0.4, 0.5) is 5.69 Å². The lowest BCUT2D eigenvalue weighted by atomic mass is 9.62. The molecule has 0 heterocycles. The van der Waals surface area contributed by atoms with Gasteiger partial charge in [-0.15, -0.1) is 0 Å². The highest BCUT2D eigenvalue weighted by atomic mass is 35.5. The van der Waals surface area contributed by atoms with Crippen molar-refractivity contribution in [2.75, 3.05) is 5.32 Å². The topological polar surface area (TPSA) is 75.6 Å². The molecule has 2 aromatic carbocycles. The number of amides is 1. The summed E-state index contributed by atoms with van der Waals surface area (Å²) < 4.78 is 5.76. The van der Waals surface area contributed by atoms with Crippen LogP contribution in [-0.2, 0) is 9.59 Å². The lowest BCUT2D eigenvalue weighted by molar-refractivity contribution is -0.152. The zero-order valence-corrected chi connectivity index (χ0v) is 16.3. The van der Waals surface area contributed by atoms with E-state index in [4.69, 9.17) is 16.3 Å². The molecule has 2 N–H and O–H groups in total. The Morgan fingerprint density at radius 3 is 2.28 bits per heavy atom. The average molecular weight is 410 g/mol. The van der Waals surface area contributed by atoms with Gasteiger partial charge >= 0.3 is 5.97 Å². The molecule has 2 saturated carbocycles. The van der Waals surface area contributed by atoms with Gasteiger partial charge in [-0.3, -0.25) is 9.59 Å². The normalized spacial score (nSPS) is 31.1. The van der Waals surface area contributed by atoms with Crippen molar-refractivity contribution in [2.45, 2.75) is 6.42 Å². The summed E-state index contributed by atoms with van der Waals surface area (Å²) in [5.41, 5.74) is 0.614. The van der Waals surface area contributed by atoms with Gasteiger partial charge in [-0.2, -0.15) is 0 Å². The number of aliphatic carboxylic acids is 1. The Labute approximate surface area is 173 Å². The highest BCUT2D eigenvalue weighted by Crippen LogP contribution is 2.63. The number of para-hydroxylation sites is 1. The Morgan fingerprint density at radius 1 is 0.966 bits per heavy atom. The van der Waals surface area contributed by atoms with Crippen molar-refractivity contribution < 1.29 is 19.4 Å². The number of anilines is 1. The summed E-state index contributed by atoms with van der Waals surface area (Å²) in [4.78, 5) is 24.9. The highest BCUT2D eigenvalue weighted by molar-refractivity contribution is 6.32. The molecule has 148 valence electrons. The summed E-state index contributed by atoms with van der Waals surface area (Å²) in [7, 11) is 0. The van der Waals surface area contributed by atoms with Crippen molar-refractivity contribution in [1.82, 2.24) is 0 Å². The van der Waals surface area contributed by atoms with Gasteiger partial charge in [0.1, 0.15) is 11.5 Å². The van der Waals surface area contributed by atoms with E-state index in [9.17, 15) is 14.7 Å². The largest absolute Gasteiger partial charge is 0.481 e. The quantitative estimate of drug-likeness (QED) is 0.693. The number of nitrogens with one attached hydrogen (secondary N) is 1. The molecule has 0 spiro atoms. The number of ether oxygens (including phenoxy) is 1. The fraction of sp³-hybridized carbons (Fsp3) is 0.304. The Bertz CT molecular complexity index is 1000. The second-order valence-corrected chi connectivity index (χ2v) is 8.45. The predicted molar refractivity (Wildman–Crippen MR) is 109 cm³/mol. The van der Waals surface area contributed by atoms with Crippen LogP contribution in [0.1, 0.15) is 6.42 Å². The Hall–Kier alpha value is -2.79. The molecule has 0 aromatic heterocycles. The van der Waals surface area contributed by atoms with Gasteiger partial charge in [0.15, 0.2) is 0 Å². The Morgan fingerprint density at radius 2 is 1.62 bits per heavy atom. The van der Waals surface area contributed by atoms with E-state index in [1.807, 2.05) is 18.2 Å². The number of benzene rings is 2. The molecule has 6 rings (SSSR count). The molecule has 4 aliphatic carbocycles. The number of carbonyl (C=O) groups is 2. The minimum absolute atomic E-state index is 0.0222. The fourth-order valence-electron chi connectivity index (χ4n) is 5.06. The second-order valence-electron chi connectivity index (χ2n) is 8.04. The van der Waals surface area contributed by atoms with Gasteiger partial charge in [0.25, 0.3) is 0 Å². The molecule has 0 saturated heterocycles. The molecule has 5 nitrogen and oxygen atoms in total. The summed E-state index contributed by atoms with van der Waals surface area (Å²) in [6.07, 6.45) is 5.11. The summed E-state index contributed by atoms with van der Waals surface area (Å²) in [6, 6.07) is 14.2. The smallest absolute Gasteiger partial charge is 0.307 e. The maximum atomic E-state index is 13.0. The van der Waals surface area contributed by atoms with Crippen LogP contribution in [0, 0.1) is 35.5 Å². The minimum atomic E-state index is -0.877. The van der Waals surface area contributed by atoms with Crippen molar-refractivity contribution in [3.63, 3.8) is 0 Å². The summed E-state index contributed by atoms with van der Waals surface area (Å²) in [6.45, 7) is 0. The molecular formula is C23H20ClNO4. The third kappa shape index (κ3) is 3.19. The maximum Gasteiger partial charge on any atom is 0.307 e. The molecule has 2 fully saturated rings. The number of carboxylic acid groups (broad SMARTS) is 1. The number of hydrogen-bond acceptors (Lipinski definition) is 3. The van der Waals surface area contributed by atoms with Crippen LogP contribution in [0.2, 0.25) is 5.02 Å². The summed E-state index contributed by atoms with van der Waals surface area (Å²) in [5.74, 6) is -0.209. The first-order valence-electron chi connectivity index (χ1n) is 9.77. The van der Waals surface area contributed by atoms with E-state index >= 15 is 0 Å². The van der Waals surface area contributed by atoms with Crippen molar-refractivity contribution in [3.05, 3.63) is 65.7 Å². The molecule has 0 unspecified atom stereocenters. The molecule has 4 aliphatic rings. The predicted octanol–water partition coefficient (Wildman–Crippen LogP) is 4.84. The number of rotatable bonds is 5. The first-order chi connectivity index (χ1) is 14.0. The van der Waals surface area contributed by atoms with Crippen LogP contribution in [0.15, 0.2) is 60.7 Å². The maximum absolute atomic E-state index is 13.0. The van der Waals surface area contributed by atoms with E-state index in [0.29, 0.717) is 34.0 Å². The van der Waals surface area contributed by atoms with Crippen LogP contribution in [0.3, 0.4) is 0 Å². The van der Waals surface area contributed by atoms with Crippen molar-refractivity contribution in [3.8, 4) is 11.5 Å². The fourth-order valence-corrected chi connectivity index (χ4v) is 5.23. The van der Waals surface area contributed by atoms with Crippen molar-refractivity contribution >= 4 is 29.2 Å². The number of halogens is 1. The third-order valence-electron chi connectivity index (χ3n) is 6.43. The lowest BCUT2D eigenvalue weighted by Gasteiger charge is -2.41. The zero-order valence-electron chi connectivity index (χ0n) is 15.5. The second kappa shape index (κ2) is 6.92. The average Bonchev–Trinajstić information content (AvgIpc) is 3.53. The van der Waals surface area contributed by atoms with Gasteiger partial charge in [0.05, 0.1) is 16.9 Å². The molecule has 6 atom stereocenters. The lowest BCUT2D eigenvalue weighted by Crippen LogP contribution is -2.48. The standard InChI is InChI=1S/C23H20ClNO4/c24-18-3-1-2-4-19(18)29-13-7-5-12(6-8-13)25-22(26)20-14-9-10-15(17-11-16(14)17)21(20)23(27)28/h1-10,14-17,20-21H,11H2,(H,25,26)(H,27,28)/t14-,15-,16-,17-,20-,21+/m0/s1. The van der Waals surface area contributed by atoms with Gasteiger partial charge in [0.2, 0.25) is 5.91 Å². The number of fused-ring (bicyclic) bond motifs is 1. The first-order valence-corrected chi connectivity index (χ1v) is 10.1. The van der Waals surface area contributed by atoms with E-state index < -0.39 is 17.8 Å². The highest BCUT2D eigenvalue weighted by Gasteiger charge is 2.62. The molecule has 2 bridgehead atoms. The van der Waals surface area contributed by atoms with Crippen LogP contribution in [0.25, 0.3) is 0 Å². The number of carbonyl (C=O) groups excluding carboxylic acids is 1. The van der Waals surface area contributed by atoms with E-state index in [0.717, 1.165) is 6.42 Å². The van der Waals surface area contributed by atoms with Gasteiger partial charge in [-0.1, -0.05) is 35.9 Å². The SMILES string of the molecule is O=C(O)[C@@H]1[C@H]2C=C[C@@H]([C@@H]3C[C@@H]23)[C@@H]1C(=O)Nc1ccc(Oc2ccccc2Cl)cc1. The van der Waals surface area contributed by atoms with E-state index in [1.54, 1.807) is 36.4 Å². The van der Waals surface area contributed by atoms with Crippen molar-refractivity contribution in [1.29, 1.82) is 0 Å². The number of allylic oxidation sites excluding steroid dienone is 2. The first kappa shape index (κ1) is 18.3. The van der Waals surface area contributed by atoms with Gasteiger partial charge in [-0.25, -0.2) is 0 Å². The number of carboxylic acids is 1. The zero-order chi connectivity index (χ0) is 20.1. The summed E-state index contributed by atoms with van der Waals surface area (Å²) >= 11 is 6.11. The van der Waals surface area contributed by atoms with Crippen molar-refractivity contribution in [2.24, 2.45) is 35.5 Å². The van der Waals surface area contributed by atoms with Gasteiger partial charge in [0, 0.05) is 5.69 Å². The number of hydrogen-bond donors (Lipinski definition) is 2. The Kier molecular flexibility index (Phi) is 4.36. The van der Waals surface area contributed by atoms with Crippen LogP contribution < -0.4 is 10.1 Å². The monoisotopic (exact) mass is 409 g/mol. The Balaban J connectivity index is 1.30. The molecule has 6 heteroatoms. The van der Waals surface area contributed by atoms with E-state index in [1.165, 1.54) is 0 Å². The minimum Gasteiger partial charge on any atom is -0.481 e. The molecule has 2 aromatic rings. The molecule has 29 heavy (non-hydrogen) atoms. The third-order valence-corrected chi connectivity index (χ3v) is 6.74. The molecule has 0 radical (unpaired) electrons.